The number of halogens is 2. The minimum Gasteiger partial charge on any atom is -0.320 e. The highest BCUT2D eigenvalue weighted by atomic mass is 79.9. The van der Waals surface area contributed by atoms with Gasteiger partial charge in [-0.25, -0.2) is 14.4 Å². The minimum absolute atomic E-state index is 0.180. The molecule has 5 nitrogen and oxygen atoms in total. The predicted octanol–water partition coefficient (Wildman–Crippen LogP) is 5.82. The smallest absolute Gasteiger partial charge is 0.255 e. The van der Waals surface area contributed by atoms with E-state index in [4.69, 9.17) is 4.98 Å². The standard InChI is InChI=1S/C24H22BrFN4O/c1-3-7-19-29-20-14(2)18(28-23(31)15-8-5-4-6-9-15)13-27-22(20)30(19)21-16-10-11-24(21,25)12-17(16)26/h4-6,8-10,12-13,21H,3,7,11H2,1-2H3,(H,28,31). The van der Waals surface area contributed by atoms with Crippen LogP contribution in [0.3, 0.4) is 0 Å². The molecule has 2 unspecified atom stereocenters. The molecule has 5 rings (SSSR count). The van der Waals surface area contributed by atoms with Crippen molar-refractivity contribution in [1.29, 1.82) is 0 Å². The van der Waals surface area contributed by atoms with Gasteiger partial charge < -0.3 is 9.88 Å². The Hall–Kier alpha value is -2.80. The summed E-state index contributed by atoms with van der Waals surface area (Å²) in [6, 6.07) is 8.86. The summed E-state index contributed by atoms with van der Waals surface area (Å²) < 4.78 is 16.1. The zero-order valence-corrected chi connectivity index (χ0v) is 18.9. The zero-order valence-electron chi connectivity index (χ0n) is 17.3. The van der Waals surface area contributed by atoms with E-state index in [9.17, 15) is 9.18 Å². The number of aromatic nitrogens is 3. The van der Waals surface area contributed by atoms with E-state index in [1.807, 2.05) is 31.2 Å². The van der Waals surface area contributed by atoms with Crippen LogP contribution in [0.4, 0.5) is 10.1 Å². The maximum Gasteiger partial charge on any atom is 0.255 e. The molecular formula is C24H22BrFN4O. The molecule has 3 aromatic rings. The number of carbonyl (C=O) groups is 1. The number of nitrogens with one attached hydrogen (secondary N) is 1. The molecule has 0 saturated carbocycles. The average molecular weight is 481 g/mol. The topological polar surface area (TPSA) is 59.8 Å². The van der Waals surface area contributed by atoms with Gasteiger partial charge in [-0.3, -0.25) is 4.79 Å². The van der Waals surface area contributed by atoms with Crippen LogP contribution in [-0.4, -0.2) is 24.8 Å². The molecule has 158 valence electrons. The Balaban J connectivity index is 1.59. The van der Waals surface area contributed by atoms with Gasteiger partial charge in [-0.1, -0.05) is 47.1 Å². The molecule has 1 amide bonds. The van der Waals surface area contributed by atoms with Crippen molar-refractivity contribution in [3.8, 4) is 0 Å². The van der Waals surface area contributed by atoms with Crippen molar-refractivity contribution in [2.24, 2.45) is 0 Å². The second kappa shape index (κ2) is 7.41. The fourth-order valence-corrected chi connectivity index (χ4v) is 5.35. The SMILES string of the molecule is CCCc1nc2c(C)c(NC(=O)c3ccccc3)cnc2n1C1C2=CCC1(Br)C=C2F. The molecule has 2 bridgehead atoms. The van der Waals surface area contributed by atoms with Gasteiger partial charge in [0.2, 0.25) is 0 Å². The summed E-state index contributed by atoms with van der Waals surface area (Å²) in [5, 5.41) is 2.95. The van der Waals surface area contributed by atoms with Gasteiger partial charge in [-0.2, -0.15) is 0 Å². The third-order valence-corrected chi connectivity index (χ3v) is 7.06. The van der Waals surface area contributed by atoms with Crippen LogP contribution in [0.25, 0.3) is 11.2 Å². The summed E-state index contributed by atoms with van der Waals surface area (Å²) in [6.45, 7) is 4.03. The Morgan fingerprint density at radius 1 is 1.35 bits per heavy atom. The van der Waals surface area contributed by atoms with Crippen molar-refractivity contribution in [2.75, 3.05) is 5.32 Å². The van der Waals surface area contributed by atoms with Gasteiger partial charge in [0, 0.05) is 23.1 Å². The van der Waals surface area contributed by atoms with E-state index in [-0.39, 0.29) is 17.8 Å². The largest absolute Gasteiger partial charge is 0.320 e. The number of amides is 1. The number of pyridine rings is 1. The van der Waals surface area contributed by atoms with Crippen LogP contribution in [0, 0.1) is 6.92 Å². The fraction of sp³-hybridized carbons (Fsp3) is 0.292. The number of anilines is 1. The first-order valence-electron chi connectivity index (χ1n) is 10.4. The first-order valence-corrected chi connectivity index (χ1v) is 11.2. The molecule has 0 radical (unpaired) electrons. The lowest BCUT2D eigenvalue weighted by molar-refractivity contribution is 0.102. The van der Waals surface area contributed by atoms with Crippen molar-refractivity contribution in [3.63, 3.8) is 0 Å². The minimum atomic E-state index is -0.488. The summed E-state index contributed by atoms with van der Waals surface area (Å²) in [4.78, 5) is 22.2. The van der Waals surface area contributed by atoms with E-state index in [1.54, 1.807) is 24.4 Å². The fourth-order valence-electron chi connectivity index (χ4n) is 4.54. The van der Waals surface area contributed by atoms with E-state index < -0.39 is 4.32 Å². The van der Waals surface area contributed by atoms with Crippen LogP contribution >= 0.6 is 15.9 Å². The highest BCUT2D eigenvalue weighted by Gasteiger charge is 2.50. The molecule has 31 heavy (non-hydrogen) atoms. The quantitative estimate of drug-likeness (QED) is 0.468. The van der Waals surface area contributed by atoms with Crippen molar-refractivity contribution in [1.82, 2.24) is 14.5 Å². The molecule has 2 aliphatic carbocycles. The van der Waals surface area contributed by atoms with Crippen LogP contribution in [0.2, 0.25) is 0 Å². The second-order valence-electron chi connectivity index (χ2n) is 8.12. The number of hydrogen-bond donors (Lipinski definition) is 1. The number of carbonyl (C=O) groups excluding carboxylic acids is 1. The van der Waals surface area contributed by atoms with Crippen LogP contribution in [-0.2, 0) is 6.42 Å². The lowest BCUT2D eigenvalue weighted by atomic mass is 10.0. The maximum atomic E-state index is 14.5. The van der Waals surface area contributed by atoms with Crippen molar-refractivity contribution >= 4 is 38.7 Å². The Morgan fingerprint density at radius 2 is 2.13 bits per heavy atom. The number of imidazole rings is 1. The van der Waals surface area contributed by atoms with Gasteiger partial charge in [0.05, 0.1) is 22.3 Å². The molecule has 2 atom stereocenters. The maximum absolute atomic E-state index is 14.5. The Labute approximate surface area is 188 Å². The first kappa shape index (κ1) is 20.1. The van der Waals surface area contributed by atoms with E-state index >= 15 is 0 Å². The lowest BCUT2D eigenvalue weighted by Gasteiger charge is -2.26. The molecule has 0 fully saturated rings. The number of rotatable bonds is 5. The highest BCUT2D eigenvalue weighted by Crippen LogP contribution is 2.56. The van der Waals surface area contributed by atoms with Crippen LogP contribution in [0.5, 0.6) is 0 Å². The molecule has 0 spiro atoms. The van der Waals surface area contributed by atoms with E-state index in [0.29, 0.717) is 22.5 Å². The first-order chi connectivity index (χ1) is 14.9. The summed E-state index contributed by atoms with van der Waals surface area (Å²) in [7, 11) is 0. The lowest BCUT2D eigenvalue weighted by Crippen LogP contribution is -2.27. The third kappa shape index (κ3) is 3.14. The number of hydrogen-bond acceptors (Lipinski definition) is 3. The third-order valence-electron chi connectivity index (χ3n) is 6.08. The van der Waals surface area contributed by atoms with Gasteiger partial charge >= 0.3 is 0 Å². The Morgan fingerprint density at radius 3 is 2.77 bits per heavy atom. The molecule has 1 N–H and O–H groups in total. The van der Waals surface area contributed by atoms with E-state index in [0.717, 1.165) is 36.2 Å². The number of allylic oxidation sites excluding steroid dienone is 4. The van der Waals surface area contributed by atoms with Crippen molar-refractivity contribution in [3.05, 3.63) is 77.0 Å². The van der Waals surface area contributed by atoms with Crippen LogP contribution in [0.1, 0.15) is 47.6 Å². The zero-order chi connectivity index (χ0) is 21.8. The molecule has 7 heteroatoms. The molecule has 2 aliphatic rings. The van der Waals surface area contributed by atoms with Gasteiger partial charge in [0.1, 0.15) is 17.2 Å². The monoisotopic (exact) mass is 480 g/mol. The molecule has 0 saturated heterocycles. The van der Waals surface area contributed by atoms with Gasteiger partial charge in [0.25, 0.3) is 5.91 Å². The summed E-state index contributed by atoms with van der Waals surface area (Å²) >= 11 is 3.78. The van der Waals surface area contributed by atoms with E-state index in [2.05, 4.69) is 37.7 Å². The number of benzene rings is 1. The van der Waals surface area contributed by atoms with Crippen molar-refractivity contribution in [2.45, 2.75) is 43.5 Å². The number of alkyl halides is 1. The molecule has 0 aliphatic heterocycles. The normalized spacial score (nSPS) is 22.0. The van der Waals surface area contributed by atoms with Crippen LogP contribution < -0.4 is 5.32 Å². The Bertz CT molecular complexity index is 1260. The van der Waals surface area contributed by atoms with Gasteiger partial charge in [0.15, 0.2) is 5.65 Å². The van der Waals surface area contributed by atoms with Crippen molar-refractivity contribution < 1.29 is 9.18 Å². The second-order valence-corrected chi connectivity index (χ2v) is 9.60. The molecule has 1 aromatic carbocycles. The predicted molar refractivity (Wildman–Crippen MR) is 123 cm³/mol. The molecular weight excluding hydrogens is 459 g/mol. The summed E-state index contributed by atoms with van der Waals surface area (Å²) in [5.41, 5.74) is 4.19. The Kier molecular flexibility index (Phi) is 4.81. The molecule has 2 aromatic heterocycles. The number of nitrogens with zero attached hydrogens (tertiary/aromatic N) is 3. The number of fused-ring (bicyclic) bond motifs is 3. The highest BCUT2D eigenvalue weighted by molar-refractivity contribution is 9.10. The van der Waals surface area contributed by atoms with E-state index in [1.165, 1.54) is 0 Å². The summed E-state index contributed by atoms with van der Waals surface area (Å²) in [6.07, 6.45) is 7.69. The average Bonchev–Trinajstić information content (AvgIpc) is 3.35. The van der Waals surface area contributed by atoms with Gasteiger partial charge in [-0.05, 0) is 38.0 Å². The summed E-state index contributed by atoms with van der Waals surface area (Å²) in [5.74, 6) is 0.507. The number of aryl methyl sites for hydroxylation is 2. The van der Waals surface area contributed by atoms with Gasteiger partial charge in [-0.15, -0.1) is 0 Å². The van der Waals surface area contributed by atoms with Crippen LogP contribution in [0.15, 0.2) is 60.1 Å². The molecule has 2 heterocycles.